The number of carbonyl (C=O) groups is 1. The summed E-state index contributed by atoms with van der Waals surface area (Å²) in [6, 6.07) is -0.303. The molecule has 1 saturated heterocycles. The van der Waals surface area contributed by atoms with Crippen molar-refractivity contribution in [2.24, 2.45) is 5.11 Å². The zero-order chi connectivity index (χ0) is 8.27. The fourth-order valence-electron chi connectivity index (χ4n) is 0.746. The second-order valence-corrected chi connectivity index (χ2v) is 2.22. The highest BCUT2D eigenvalue weighted by Gasteiger charge is 2.21. The SMILES string of the molecule is [N-]=[N+]=NC(=S)N1CCNC1=O. The van der Waals surface area contributed by atoms with Gasteiger partial charge in [-0.2, -0.15) is 0 Å². The lowest BCUT2D eigenvalue weighted by Crippen LogP contribution is -2.31. The maximum Gasteiger partial charge on any atom is 0.322 e. The van der Waals surface area contributed by atoms with Crippen molar-refractivity contribution in [2.45, 2.75) is 0 Å². The first-order valence-electron chi connectivity index (χ1n) is 2.90. The molecule has 1 aliphatic rings. The number of azide groups is 1. The Morgan fingerprint density at radius 2 is 2.64 bits per heavy atom. The first kappa shape index (κ1) is 7.77. The van der Waals surface area contributed by atoms with Crippen LogP contribution in [0.3, 0.4) is 0 Å². The fourth-order valence-corrected chi connectivity index (χ4v) is 0.957. The molecule has 11 heavy (non-hydrogen) atoms. The Bertz CT molecular complexity index is 245. The maximum atomic E-state index is 10.8. The van der Waals surface area contributed by atoms with E-state index in [4.69, 9.17) is 5.53 Å². The molecule has 0 aliphatic carbocycles. The zero-order valence-electron chi connectivity index (χ0n) is 5.52. The first-order valence-corrected chi connectivity index (χ1v) is 3.31. The monoisotopic (exact) mass is 171 g/mol. The number of nitrogens with one attached hydrogen (secondary N) is 1. The predicted molar refractivity (Wildman–Crippen MR) is 41.8 cm³/mol. The zero-order valence-corrected chi connectivity index (χ0v) is 6.34. The summed E-state index contributed by atoms with van der Waals surface area (Å²) in [4.78, 5) is 14.5. The third-order valence-corrected chi connectivity index (χ3v) is 1.52. The normalized spacial score (nSPS) is 15.6. The van der Waals surface area contributed by atoms with E-state index < -0.39 is 0 Å². The molecule has 58 valence electrons. The molecule has 0 radical (unpaired) electrons. The smallest absolute Gasteiger partial charge is 0.322 e. The van der Waals surface area contributed by atoms with Crippen molar-refractivity contribution >= 4 is 23.4 Å². The summed E-state index contributed by atoms with van der Waals surface area (Å²) >= 11 is 4.63. The minimum Gasteiger partial charge on any atom is -0.336 e. The highest BCUT2D eigenvalue weighted by atomic mass is 32.1. The minimum absolute atomic E-state index is 0.0255. The van der Waals surface area contributed by atoms with Crippen LogP contribution in [-0.4, -0.2) is 29.1 Å². The average molecular weight is 171 g/mol. The number of thiocarbonyl (C=S) groups is 1. The van der Waals surface area contributed by atoms with Gasteiger partial charge in [0.25, 0.3) is 0 Å². The predicted octanol–water partition coefficient (Wildman–Crippen LogP) is 0.607. The van der Waals surface area contributed by atoms with Gasteiger partial charge in [-0.25, -0.2) is 4.79 Å². The van der Waals surface area contributed by atoms with Crippen molar-refractivity contribution in [3.8, 4) is 0 Å². The number of hydrogen-bond acceptors (Lipinski definition) is 2. The molecule has 1 heterocycles. The molecule has 2 amide bonds. The van der Waals surface area contributed by atoms with Gasteiger partial charge < -0.3 is 5.32 Å². The van der Waals surface area contributed by atoms with Gasteiger partial charge in [0.1, 0.15) is 0 Å². The van der Waals surface area contributed by atoms with Crippen LogP contribution < -0.4 is 5.32 Å². The Morgan fingerprint density at radius 3 is 3.09 bits per heavy atom. The van der Waals surface area contributed by atoms with Gasteiger partial charge in [0, 0.05) is 18.0 Å². The first-order chi connectivity index (χ1) is 5.25. The van der Waals surface area contributed by atoms with Crippen molar-refractivity contribution in [1.29, 1.82) is 0 Å². The molecular weight excluding hydrogens is 166 g/mol. The fraction of sp³-hybridized carbons (Fsp3) is 0.500. The van der Waals surface area contributed by atoms with E-state index in [1.807, 2.05) is 0 Å². The summed E-state index contributed by atoms with van der Waals surface area (Å²) in [6.07, 6.45) is 0. The number of nitrogens with zero attached hydrogens (tertiary/aromatic N) is 4. The van der Waals surface area contributed by atoms with Crippen molar-refractivity contribution in [1.82, 2.24) is 10.2 Å². The summed E-state index contributed by atoms with van der Waals surface area (Å²) in [5, 5.41) is 5.63. The van der Waals surface area contributed by atoms with E-state index in [2.05, 4.69) is 27.6 Å². The van der Waals surface area contributed by atoms with Gasteiger partial charge in [-0.15, -0.1) is 0 Å². The Hall–Kier alpha value is -1.33. The molecule has 0 aromatic heterocycles. The Balaban J connectivity index is 2.67. The maximum absolute atomic E-state index is 10.8. The molecule has 1 N–H and O–H groups in total. The molecule has 0 saturated carbocycles. The van der Waals surface area contributed by atoms with E-state index in [0.29, 0.717) is 13.1 Å². The summed E-state index contributed by atoms with van der Waals surface area (Å²) in [5.74, 6) is 0. The van der Waals surface area contributed by atoms with Gasteiger partial charge in [-0.1, -0.05) is 12.2 Å². The van der Waals surface area contributed by atoms with E-state index >= 15 is 0 Å². The second kappa shape index (κ2) is 3.18. The van der Waals surface area contributed by atoms with Gasteiger partial charge in [-0.05, 0) is 10.6 Å². The van der Waals surface area contributed by atoms with Crippen LogP contribution in [0.25, 0.3) is 10.4 Å². The highest BCUT2D eigenvalue weighted by molar-refractivity contribution is 7.80. The summed E-state index contributed by atoms with van der Waals surface area (Å²) in [7, 11) is 0. The van der Waals surface area contributed by atoms with Gasteiger partial charge in [0.05, 0.1) is 0 Å². The third kappa shape index (κ3) is 1.57. The molecule has 1 rings (SSSR count). The Labute approximate surface area is 67.8 Å². The van der Waals surface area contributed by atoms with Crippen LogP contribution in [0.15, 0.2) is 5.11 Å². The van der Waals surface area contributed by atoms with Crippen LogP contribution in [0, 0.1) is 0 Å². The Kier molecular flexibility index (Phi) is 2.25. The van der Waals surface area contributed by atoms with Gasteiger partial charge in [0.2, 0.25) is 0 Å². The number of carbonyl (C=O) groups excluding carboxylic acids is 1. The molecule has 1 fully saturated rings. The number of hydrogen-bond donors (Lipinski definition) is 1. The molecule has 1 aliphatic heterocycles. The van der Waals surface area contributed by atoms with Crippen LogP contribution in [-0.2, 0) is 0 Å². The molecule has 0 aromatic carbocycles. The highest BCUT2D eigenvalue weighted by Crippen LogP contribution is 1.99. The number of amides is 2. The van der Waals surface area contributed by atoms with Gasteiger partial charge in [0.15, 0.2) is 5.11 Å². The molecule has 0 spiro atoms. The minimum atomic E-state index is -0.303. The van der Waals surface area contributed by atoms with Crippen molar-refractivity contribution in [3.05, 3.63) is 10.4 Å². The molecule has 6 nitrogen and oxygen atoms in total. The summed E-state index contributed by atoms with van der Waals surface area (Å²) in [5.41, 5.74) is 8.00. The molecule has 7 heteroatoms. The largest absolute Gasteiger partial charge is 0.336 e. The van der Waals surface area contributed by atoms with Crippen LogP contribution in [0.2, 0.25) is 0 Å². The molecule has 0 aromatic rings. The number of rotatable bonds is 0. The molecule has 0 unspecified atom stereocenters. The lowest BCUT2D eigenvalue weighted by molar-refractivity contribution is 0.234. The van der Waals surface area contributed by atoms with E-state index in [1.54, 1.807) is 0 Å². The summed E-state index contributed by atoms with van der Waals surface area (Å²) < 4.78 is 0. The van der Waals surface area contributed by atoms with Crippen LogP contribution in [0.5, 0.6) is 0 Å². The summed E-state index contributed by atoms with van der Waals surface area (Å²) in [6.45, 7) is 1.01. The van der Waals surface area contributed by atoms with E-state index in [-0.39, 0.29) is 11.1 Å². The van der Waals surface area contributed by atoms with Crippen LogP contribution in [0.1, 0.15) is 0 Å². The second-order valence-electron chi connectivity index (χ2n) is 1.86. The molecule has 0 atom stereocenters. The van der Waals surface area contributed by atoms with E-state index in [9.17, 15) is 4.79 Å². The van der Waals surface area contributed by atoms with E-state index in [1.165, 1.54) is 4.90 Å². The molecule has 0 bridgehead atoms. The van der Waals surface area contributed by atoms with Gasteiger partial charge in [-0.3, -0.25) is 4.90 Å². The standard InChI is InChI=1S/C4H5N5OS/c5-8-7-4(11)9-2-1-6-3(9)10/h1-2H2,(H,6,10). The average Bonchev–Trinajstić information content (AvgIpc) is 2.36. The van der Waals surface area contributed by atoms with Crippen molar-refractivity contribution in [2.75, 3.05) is 13.1 Å². The van der Waals surface area contributed by atoms with E-state index in [0.717, 1.165) is 0 Å². The molecular formula is C4H5N5OS. The topological polar surface area (TPSA) is 81.1 Å². The van der Waals surface area contributed by atoms with Crippen LogP contribution >= 0.6 is 12.2 Å². The van der Waals surface area contributed by atoms with Crippen LogP contribution in [0.4, 0.5) is 4.79 Å². The number of urea groups is 1. The van der Waals surface area contributed by atoms with Gasteiger partial charge >= 0.3 is 6.03 Å². The van der Waals surface area contributed by atoms with Crippen molar-refractivity contribution < 1.29 is 4.79 Å². The van der Waals surface area contributed by atoms with Crippen molar-refractivity contribution in [3.63, 3.8) is 0 Å². The lowest BCUT2D eigenvalue weighted by atomic mass is 10.6. The third-order valence-electron chi connectivity index (χ3n) is 1.22. The lowest BCUT2D eigenvalue weighted by Gasteiger charge is -2.09. The Morgan fingerprint density at radius 1 is 1.91 bits per heavy atom. The quantitative estimate of drug-likeness (QED) is 0.251.